The van der Waals surface area contributed by atoms with Gasteiger partial charge in [0.25, 0.3) is 5.91 Å². The Labute approximate surface area is 147 Å². The average Bonchev–Trinajstić information content (AvgIpc) is 2.98. The van der Waals surface area contributed by atoms with Crippen molar-refractivity contribution in [2.24, 2.45) is 7.05 Å². The Kier molecular flexibility index (Phi) is 4.24. The molecule has 1 N–H and O–H groups in total. The minimum atomic E-state index is -0.124. The van der Waals surface area contributed by atoms with Crippen molar-refractivity contribution in [1.82, 2.24) is 20.0 Å². The Morgan fingerprint density at radius 3 is 2.50 bits per heavy atom. The molecule has 124 valence electrons. The third-order valence-electron chi connectivity index (χ3n) is 4.43. The maximum absolute atomic E-state index is 12.8. The summed E-state index contributed by atoms with van der Waals surface area (Å²) in [6, 6.07) is 9.75. The normalized spacial score (nSPS) is 17.5. The topological polar surface area (TPSA) is 50.2 Å². The minimum Gasteiger partial charge on any atom is -0.328 e. The third kappa shape index (κ3) is 2.73. The quantitative estimate of drug-likeness (QED) is 0.689. The Balaban J connectivity index is 1.93. The monoisotopic (exact) mass is 340 g/mol. The van der Waals surface area contributed by atoms with Crippen molar-refractivity contribution in [2.45, 2.75) is 26.8 Å². The molecular weight excluding hydrogens is 320 g/mol. The van der Waals surface area contributed by atoms with Gasteiger partial charge in [0, 0.05) is 18.3 Å². The summed E-state index contributed by atoms with van der Waals surface area (Å²) in [5, 5.41) is 7.87. The zero-order valence-electron chi connectivity index (χ0n) is 14.2. The van der Waals surface area contributed by atoms with Crippen molar-refractivity contribution in [2.75, 3.05) is 0 Å². The molecule has 1 unspecified atom stereocenters. The van der Waals surface area contributed by atoms with Crippen LogP contribution >= 0.6 is 12.2 Å². The lowest BCUT2D eigenvalue weighted by Gasteiger charge is -2.23. The number of thiocarbonyl (C=S) groups is 1. The molecule has 0 radical (unpaired) electrons. The molecule has 0 spiro atoms. The molecule has 1 fully saturated rings. The van der Waals surface area contributed by atoms with E-state index in [9.17, 15) is 4.79 Å². The summed E-state index contributed by atoms with van der Waals surface area (Å²) in [4.78, 5) is 14.5. The van der Waals surface area contributed by atoms with Gasteiger partial charge in [-0.2, -0.15) is 5.10 Å². The number of carbonyl (C=O) groups excluding carboxylic acids is 1. The van der Waals surface area contributed by atoms with Gasteiger partial charge in [-0.3, -0.25) is 14.4 Å². The van der Waals surface area contributed by atoms with Crippen LogP contribution in [0.25, 0.3) is 6.08 Å². The lowest BCUT2D eigenvalue weighted by Crippen LogP contribution is -2.33. The largest absolute Gasteiger partial charge is 0.328 e. The summed E-state index contributed by atoms with van der Waals surface area (Å²) in [6.07, 6.45) is 1.84. The van der Waals surface area contributed by atoms with E-state index in [2.05, 4.69) is 10.4 Å². The molecule has 2 aromatic rings. The molecule has 2 heterocycles. The number of carbonyl (C=O) groups is 1. The highest BCUT2D eigenvalue weighted by Crippen LogP contribution is 2.27. The van der Waals surface area contributed by atoms with E-state index in [4.69, 9.17) is 12.2 Å². The highest BCUT2D eigenvalue weighted by atomic mass is 32.1. The van der Waals surface area contributed by atoms with Gasteiger partial charge in [0.2, 0.25) is 0 Å². The summed E-state index contributed by atoms with van der Waals surface area (Å²) >= 11 is 5.39. The van der Waals surface area contributed by atoms with Crippen molar-refractivity contribution >= 4 is 29.3 Å². The zero-order valence-corrected chi connectivity index (χ0v) is 15.0. The highest BCUT2D eigenvalue weighted by Gasteiger charge is 2.35. The molecule has 1 aromatic heterocycles. The van der Waals surface area contributed by atoms with Crippen LogP contribution in [0.1, 0.15) is 35.5 Å². The van der Waals surface area contributed by atoms with Crippen LogP contribution in [0.3, 0.4) is 0 Å². The smallest absolute Gasteiger partial charge is 0.277 e. The van der Waals surface area contributed by atoms with Crippen molar-refractivity contribution in [1.29, 1.82) is 0 Å². The maximum Gasteiger partial charge on any atom is 0.277 e. The molecule has 1 aliphatic rings. The van der Waals surface area contributed by atoms with E-state index in [1.807, 2.05) is 68.9 Å². The van der Waals surface area contributed by atoms with Crippen molar-refractivity contribution in [3.8, 4) is 0 Å². The number of aromatic nitrogens is 2. The van der Waals surface area contributed by atoms with Gasteiger partial charge in [-0.25, -0.2) is 0 Å². The standard InChI is InChI=1S/C18H20N4OS/c1-11-15(13(3)21(4)20-11)10-16-17(23)22(18(24)19-16)12(2)14-8-6-5-7-9-14/h5-10,12H,1-4H3,(H,19,24). The molecule has 3 rings (SSSR count). The molecule has 1 aromatic carbocycles. The van der Waals surface area contributed by atoms with Crippen LogP contribution in [0.5, 0.6) is 0 Å². The number of amides is 1. The second-order valence-corrected chi connectivity index (χ2v) is 6.34. The molecule has 1 saturated heterocycles. The summed E-state index contributed by atoms with van der Waals surface area (Å²) in [6.45, 7) is 5.89. The molecule has 0 aliphatic carbocycles. The number of rotatable bonds is 3. The third-order valence-corrected chi connectivity index (χ3v) is 4.73. The van der Waals surface area contributed by atoms with Gasteiger partial charge in [-0.15, -0.1) is 0 Å². The number of hydrogen-bond acceptors (Lipinski definition) is 3. The SMILES string of the molecule is Cc1nn(C)c(C)c1C=C1NC(=S)N(C(C)c2ccccc2)C1=O. The number of nitrogens with one attached hydrogen (secondary N) is 1. The molecule has 5 nitrogen and oxygen atoms in total. The predicted octanol–water partition coefficient (Wildman–Crippen LogP) is 2.86. The Morgan fingerprint density at radius 2 is 1.92 bits per heavy atom. The van der Waals surface area contributed by atoms with E-state index in [0.717, 1.165) is 22.5 Å². The van der Waals surface area contributed by atoms with Crippen molar-refractivity contribution in [3.63, 3.8) is 0 Å². The summed E-state index contributed by atoms with van der Waals surface area (Å²) in [5.74, 6) is -0.112. The lowest BCUT2D eigenvalue weighted by molar-refractivity contribution is -0.123. The fourth-order valence-electron chi connectivity index (χ4n) is 2.92. The first kappa shape index (κ1) is 16.4. The van der Waals surface area contributed by atoms with E-state index in [0.29, 0.717) is 10.8 Å². The Hall–Kier alpha value is -2.47. The second-order valence-electron chi connectivity index (χ2n) is 5.96. The highest BCUT2D eigenvalue weighted by molar-refractivity contribution is 7.80. The summed E-state index contributed by atoms with van der Waals surface area (Å²) in [5.41, 5.74) is 4.38. The van der Waals surface area contributed by atoms with Crippen LogP contribution in [0, 0.1) is 13.8 Å². The molecule has 1 atom stereocenters. The molecular formula is C18H20N4OS. The van der Waals surface area contributed by atoms with Crippen molar-refractivity contribution in [3.05, 3.63) is 58.5 Å². The summed E-state index contributed by atoms with van der Waals surface area (Å²) < 4.78 is 1.81. The van der Waals surface area contributed by atoms with Crippen LogP contribution in [0.4, 0.5) is 0 Å². The zero-order chi connectivity index (χ0) is 17.4. The van der Waals surface area contributed by atoms with Crippen LogP contribution in [0.15, 0.2) is 36.0 Å². The van der Waals surface area contributed by atoms with Gasteiger partial charge in [-0.05, 0) is 44.6 Å². The van der Waals surface area contributed by atoms with E-state index >= 15 is 0 Å². The fourth-order valence-corrected chi connectivity index (χ4v) is 3.28. The molecule has 0 bridgehead atoms. The summed E-state index contributed by atoms with van der Waals surface area (Å²) in [7, 11) is 1.89. The lowest BCUT2D eigenvalue weighted by atomic mass is 10.1. The van der Waals surface area contributed by atoms with E-state index < -0.39 is 0 Å². The van der Waals surface area contributed by atoms with Crippen LogP contribution in [0.2, 0.25) is 0 Å². The van der Waals surface area contributed by atoms with Crippen molar-refractivity contribution < 1.29 is 4.79 Å². The van der Waals surface area contributed by atoms with Gasteiger partial charge in [0.1, 0.15) is 5.70 Å². The first-order chi connectivity index (χ1) is 11.4. The number of benzene rings is 1. The van der Waals surface area contributed by atoms with Crippen LogP contribution in [-0.4, -0.2) is 25.7 Å². The molecule has 1 aliphatic heterocycles. The van der Waals surface area contributed by atoms with E-state index in [-0.39, 0.29) is 11.9 Å². The number of aryl methyl sites for hydroxylation is 2. The minimum absolute atomic E-state index is 0.112. The molecule has 1 amide bonds. The molecule has 24 heavy (non-hydrogen) atoms. The fraction of sp³-hybridized carbons (Fsp3) is 0.278. The van der Waals surface area contributed by atoms with Gasteiger partial charge in [0.15, 0.2) is 5.11 Å². The first-order valence-corrected chi connectivity index (χ1v) is 8.22. The van der Waals surface area contributed by atoms with E-state index in [1.165, 1.54) is 0 Å². The number of hydrogen-bond donors (Lipinski definition) is 1. The number of nitrogens with zero attached hydrogens (tertiary/aromatic N) is 3. The maximum atomic E-state index is 12.8. The van der Waals surface area contributed by atoms with Gasteiger partial charge >= 0.3 is 0 Å². The average molecular weight is 340 g/mol. The van der Waals surface area contributed by atoms with Gasteiger partial charge in [-0.1, -0.05) is 30.3 Å². The second kappa shape index (κ2) is 6.20. The molecule has 6 heteroatoms. The first-order valence-electron chi connectivity index (χ1n) is 7.81. The van der Waals surface area contributed by atoms with Gasteiger partial charge < -0.3 is 5.32 Å². The van der Waals surface area contributed by atoms with E-state index in [1.54, 1.807) is 4.90 Å². The Morgan fingerprint density at radius 1 is 1.25 bits per heavy atom. The van der Waals surface area contributed by atoms with Gasteiger partial charge in [0.05, 0.1) is 11.7 Å². The Bertz CT molecular complexity index is 838. The molecule has 0 saturated carbocycles. The van der Waals surface area contributed by atoms with Crippen LogP contribution in [-0.2, 0) is 11.8 Å². The van der Waals surface area contributed by atoms with Crippen LogP contribution < -0.4 is 5.32 Å². The predicted molar refractivity (Wildman–Crippen MR) is 98.1 cm³/mol.